The van der Waals surface area contributed by atoms with Crippen molar-refractivity contribution >= 4 is 22.1 Å². The third-order valence-electron chi connectivity index (χ3n) is 2.82. The molecule has 0 saturated heterocycles. The molecule has 0 saturated carbocycles. The number of hydrogen-bond acceptors (Lipinski definition) is 2. The van der Waals surface area contributed by atoms with E-state index in [-0.39, 0.29) is 0 Å². The van der Waals surface area contributed by atoms with Crippen LogP contribution in [-0.2, 0) is 0 Å². The lowest BCUT2D eigenvalue weighted by atomic mass is 9.99. The average molecular weight is 186 g/mol. The molecule has 14 heavy (non-hydrogen) atoms. The molecule has 0 aliphatic rings. The Balaban J connectivity index is 2.94. The lowest BCUT2D eigenvalue weighted by Crippen LogP contribution is -1.94. The average Bonchev–Trinajstić information content (AvgIpc) is 2.17. The molecule has 0 amide bonds. The van der Waals surface area contributed by atoms with Gasteiger partial charge >= 0.3 is 0 Å². The minimum absolute atomic E-state index is 0.835. The van der Waals surface area contributed by atoms with Crippen molar-refractivity contribution in [3.63, 3.8) is 0 Å². The summed E-state index contributed by atoms with van der Waals surface area (Å²) in [6.07, 6.45) is 0. The number of aryl methyl sites for hydroxylation is 2. The van der Waals surface area contributed by atoms with Gasteiger partial charge in [0.2, 0.25) is 0 Å². The molecule has 0 fully saturated rings. The molecule has 72 valence electrons. The fourth-order valence-corrected chi connectivity index (χ4v) is 1.74. The van der Waals surface area contributed by atoms with E-state index in [0.717, 1.165) is 22.5 Å². The van der Waals surface area contributed by atoms with Gasteiger partial charge in [0.05, 0.1) is 0 Å². The van der Waals surface area contributed by atoms with Crippen LogP contribution in [0.15, 0.2) is 24.3 Å². The zero-order valence-electron chi connectivity index (χ0n) is 8.46. The minimum atomic E-state index is 0.835. The molecule has 0 heterocycles. The standard InChI is InChI=1S/C12H14N2/c1-7-9-3-6-12(14)8(2)10(9)4-5-11(7)13/h3-6H,13-14H2,1-2H3. The highest BCUT2D eigenvalue weighted by atomic mass is 14.6. The minimum Gasteiger partial charge on any atom is -0.398 e. The Hall–Kier alpha value is -1.70. The van der Waals surface area contributed by atoms with E-state index in [4.69, 9.17) is 11.5 Å². The number of benzene rings is 2. The summed E-state index contributed by atoms with van der Waals surface area (Å²) < 4.78 is 0. The summed E-state index contributed by atoms with van der Waals surface area (Å²) in [6, 6.07) is 7.93. The Morgan fingerprint density at radius 1 is 0.714 bits per heavy atom. The summed E-state index contributed by atoms with van der Waals surface area (Å²) in [4.78, 5) is 0. The molecule has 0 aliphatic heterocycles. The first-order valence-corrected chi connectivity index (χ1v) is 4.65. The maximum atomic E-state index is 5.84. The van der Waals surface area contributed by atoms with Gasteiger partial charge in [-0.3, -0.25) is 0 Å². The van der Waals surface area contributed by atoms with E-state index < -0.39 is 0 Å². The van der Waals surface area contributed by atoms with Crippen LogP contribution in [0, 0.1) is 13.8 Å². The Morgan fingerprint density at radius 2 is 1.07 bits per heavy atom. The van der Waals surface area contributed by atoms with Crippen molar-refractivity contribution in [2.45, 2.75) is 13.8 Å². The van der Waals surface area contributed by atoms with Crippen LogP contribution >= 0.6 is 0 Å². The molecule has 0 spiro atoms. The summed E-state index contributed by atoms with van der Waals surface area (Å²) in [5, 5.41) is 2.38. The molecule has 4 N–H and O–H groups in total. The van der Waals surface area contributed by atoms with E-state index >= 15 is 0 Å². The quantitative estimate of drug-likeness (QED) is 0.621. The lowest BCUT2D eigenvalue weighted by molar-refractivity contribution is 1.48. The third kappa shape index (κ3) is 1.11. The first-order valence-electron chi connectivity index (χ1n) is 4.65. The zero-order chi connectivity index (χ0) is 10.3. The van der Waals surface area contributed by atoms with E-state index in [2.05, 4.69) is 0 Å². The van der Waals surface area contributed by atoms with Gasteiger partial charge in [0, 0.05) is 11.4 Å². The Labute approximate surface area is 83.5 Å². The van der Waals surface area contributed by atoms with Crippen LogP contribution in [0.2, 0.25) is 0 Å². The molecule has 2 rings (SSSR count). The number of nitrogen functional groups attached to an aromatic ring is 2. The van der Waals surface area contributed by atoms with Crippen LogP contribution in [0.1, 0.15) is 11.1 Å². The van der Waals surface area contributed by atoms with Crippen LogP contribution in [0.3, 0.4) is 0 Å². The van der Waals surface area contributed by atoms with E-state index in [0.29, 0.717) is 0 Å². The van der Waals surface area contributed by atoms with Gasteiger partial charge in [0.1, 0.15) is 0 Å². The van der Waals surface area contributed by atoms with Gasteiger partial charge in [-0.1, -0.05) is 12.1 Å². The van der Waals surface area contributed by atoms with E-state index in [1.54, 1.807) is 0 Å². The monoisotopic (exact) mass is 186 g/mol. The zero-order valence-corrected chi connectivity index (χ0v) is 8.46. The normalized spacial score (nSPS) is 10.7. The molecule has 0 atom stereocenters. The Bertz CT molecular complexity index is 454. The number of rotatable bonds is 0. The largest absolute Gasteiger partial charge is 0.398 e. The number of hydrogen-bond donors (Lipinski definition) is 2. The molecule has 0 aliphatic carbocycles. The Morgan fingerprint density at radius 3 is 1.43 bits per heavy atom. The van der Waals surface area contributed by atoms with Crippen molar-refractivity contribution in [1.29, 1.82) is 0 Å². The summed E-state index contributed by atoms with van der Waals surface area (Å²) >= 11 is 0. The van der Waals surface area contributed by atoms with Crippen molar-refractivity contribution < 1.29 is 0 Å². The first-order chi connectivity index (χ1) is 6.61. The van der Waals surface area contributed by atoms with Crippen LogP contribution in [0.5, 0.6) is 0 Å². The van der Waals surface area contributed by atoms with Crippen molar-refractivity contribution in [1.82, 2.24) is 0 Å². The fraction of sp³-hybridized carbons (Fsp3) is 0.167. The highest BCUT2D eigenvalue weighted by Gasteiger charge is 2.04. The molecule has 0 aromatic heterocycles. The molecule has 0 radical (unpaired) electrons. The van der Waals surface area contributed by atoms with Crippen LogP contribution in [-0.4, -0.2) is 0 Å². The van der Waals surface area contributed by atoms with Crippen molar-refractivity contribution in [2.24, 2.45) is 0 Å². The molecule has 2 nitrogen and oxygen atoms in total. The molecule has 0 unspecified atom stereocenters. The van der Waals surface area contributed by atoms with E-state index in [1.807, 2.05) is 38.1 Å². The summed E-state index contributed by atoms with van der Waals surface area (Å²) in [6.45, 7) is 4.07. The van der Waals surface area contributed by atoms with E-state index in [1.165, 1.54) is 10.8 Å². The summed E-state index contributed by atoms with van der Waals surface area (Å²) in [7, 11) is 0. The lowest BCUT2D eigenvalue weighted by Gasteiger charge is -2.09. The van der Waals surface area contributed by atoms with Gasteiger partial charge in [-0.05, 0) is 47.9 Å². The van der Waals surface area contributed by atoms with Gasteiger partial charge in [0.25, 0.3) is 0 Å². The predicted molar refractivity (Wildman–Crippen MR) is 62.2 cm³/mol. The smallest absolute Gasteiger partial charge is 0.0350 e. The number of anilines is 2. The molecule has 2 aromatic carbocycles. The van der Waals surface area contributed by atoms with Crippen LogP contribution < -0.4 is 11.5 Å². The second-order valence-corrected chi connectivity index (χ2v) is 3.65. The van der Waals surface area contributed by atoms with Gasteiger partial charge < -0.3 is 11.5 Å². The Kier molecular flexibility index (Phi) is 1.84. The van der Waals surface area contributed by atoms with Crippen LogP contribution in [0.25, 0.3) is 10.8 Å². The highest BCUT2D eigenvalue weighted by molar-refractivity contribution is 5.94. The predicted octanol–water partition coefficient (Wildman–Crippen LogP) is 2.62. The van der Waals surface area contributed by atoms with Crippen LogP contribution in [0.4, 0.5) is 11.4 Å². The molecule has 2 heteroatoms. The topological polar surface area (TPSA) is 52.0 Å². The second kappa shape index (κ2) is 2.91. The van der Waals surface area contributed by atoms with Crippen molar-refractivity contribution in [3.8, 4) is 0 Å². The van der Waals surface area contributed by atoms with Crippen molar-refractivity contribution in [3.05, 3.63) is 35.4 Å². The maximum absolute atomic E-state index is 5.84. The summed E-state index contributed by atoms with van der Waals surface area (Å²) in [5.41, 5.74) is 15.6. The van der Waals surface area contributed by atoms with Gasteiger partial charge in [0.15, 0.2) is 0 Å². The first kappa shape index (κ1) is 8.88. The number of nitrogens with two attached hydrogens (primary N) is 2. The maximum Gasteiger partial charge on any atom is 0.0350 e. The molecule has 0 bridgehead atoms. The SMILES string of the molecule is Cc1c(N)ccc2c(C)c(N)ccc12. The summed E-state index contributed by atoms with van der Waals surface area (Å²) in [5.74, 6) is 0. The third-order valence-corrected chi connectivity index (χ3v) is 2.82. The van der Waals surface area contributed by atoms with Gasteiger partial charge in [-0.15, -0.1) is 0 Å². The molecule has 2 aromatic rings. The molecular formula is C12H14N2. The molecular weight excluding hydrogens is 172 g/mol. The fourth-order valence-electron chi connectivity index (χ4n) is 1.74. The van der Waals surface area contributed by atoms with Crippen molar-refractivity contribution in [2.75, 3.05) is 11.5 Å². The van der Waals surface area contributed by atoms with Gasteiger partial charge in [-0.2, -0.15) is 0 Å². The van der Waals surface area contributed by atoms with E-state index in [9.17, 15) is 0 Å². The second-order valence-electron chi connectivity index (χ2n) is 3.65. The number of fused-ring (bicyclic) bond motifs is 1. The van der Waals surface area contributed by atoms with Gasteiger partial charge in [-0.25, -0.2) is 0 Å². The highest BCUT2D eigenvalue weighted by Crippen LogP contribution is 2.28.